The Morgan fingerprint density at radius 1 is 0.886 bits per heavy atom. The SMILES string of the molecule is O=C(O)C[C@@H]1CCC[C@H]1NC(=O)[C@H]1CC[C@@H](NC(=O)OCC2c3ccccc3-c3ccccc32)C1. The molecule has 0 aromatic heterocycles. The van der Waals surface area contributed by atoms with Gasteiger partial charge in [-0.2, -0.15) is 0 Å². The monoisotopic (exact) mass is 476 g/mol. The van der Waals surface area contributed by atoms with Gasteiger partial charge in [0.05, 0.1) is 6.42 Å². The van der Waals surface area contributed by atoms with E-state index in [2.05, 4.69) is 34.9 Å². The Bertz CT molecular complexity index is 1070. The number of rotatable bonds is 7. The van der Waals surface area contributed by atoms with E-state index in [0.29, 0.717) is 12.8 Å². The fourth-order valence-corrected chi connectivity index (χ4v) is 6.15. The van der Waals surface area contributed by atoms with Gasteiger partial charge in [-0.15, -0.1) is 0 Å². The number of hydrogen-bond acceptors (Lipinski definition) is 4. The number of nitrogens with one attached hydrogen (secondary N) is 2. The minimum atomic E-state index is -0.815. The van der Waals surface area contributed by atoms with Gasteiger partial charge in [-0.25, -0.2) is 4.79 Å². The van der Waals surface area contributed by atoms with Crippen molar-refractivity contribution in [3.63, 3.8) is 0 Å². The van der Waals surface area contributed by atoms with E-state index in [9.17, 15) is 14.4 Å². The third-order valence-electron chi connectivity index (χ3n) is 7.89. The van der Waals surface area contributed by atoms with Crippen LogP contribution in [0, 0.1) is 11.8 Å². The van der Waals surface area contributed by atoms with Crippen LogP contribution >= 0.6 is 0 Å². The van der Waals surface area contributed by atoms with Crippen LogP contribution in [0.25, 0.3) is 11.1 Å². The molecule has 0 unspecified atom stereocenters. The normalized spacial score (nSPS) is 25.0. The van der Waals surface area contributed by atoms with Crippen molar-refractivity contribution < 1.29 is 24.2 Å². The molecule has 0 radical (unpaired) electrons. The summed E-state index contributed by atoms with van der Waals surface area (Å²) in [6.07, 6.45) is 4.27. The molecule has 2 saturated carbocycles. The van der Waals surface area contributed by atoms with Gasteiger partial charge in [-0.1, -0.05) is 55.0 Å². The van der Waals surface area contributed by atoms with Gasteiger partial charge in [0.25, 0.3) is 0 Å². The summed E-state index contributed by atoms with van der Waals surface area (Å²) in [7, 11) is 0. The molecule has 0 heterocycles. The number of carboxylic acids is 1. The van der Waals surface area contributed by atoms with Crippen LogP contribution in [-0.4, -0.2) is 41.8 Å². The van der Waals surface area contributed by atoms with Crippen LogP contribution in [0.1, 0.15) is 62.0 Å². The van der Waals surface area contributed by atoms with Crippen molar-refractivity contribution in [3.8, 4) is 11.1 Å². The van der Waals surface area contributed by atoms with Crippen molar-refractivity contribution >= 4 is 18.0 Å². The van der Waals surface area contributed by atoms with Crippen LogP contribution in [0.4, 0.5) is 4.79 Å². The first kappa shape index (κ1) is 23.4. The third-order valence-corrected chi connectivity index (χ3v) is 7.89. The molecule has 0 aliphatic heterocycles. The Kier molecular flexibility index (Phi) is 6.75. The number of carbonyl (C=O) groups is 3. The number of amides is 2. The van der Waals surface area contributed by atoms with Gasteiger partial charge in [0.2, 0.25) is 5.91 Å². The zero-order valence-corrected chi connectivity index (χ0v) is 19.7. The van der Waals surface area contributed by atoms with Gasteiger partial charge in [0.15, 0.2) is 0 Å². The van der Waals surface area contributed by atoms with Crippen LogP contribution in [0.3, 0.4) is 0 Å². The molecule has 7 nitrogen and oxygen atoms in total. The number of carbonyl (C=O) groups excluding carboxylic acids is 2. The molecule has 0 bridgehead atoms. The van der Waals surface area contributed by atoms with Crippen molar-refractivity contribution in [2.45, 2.75) is 62.9 Å². The van der Waals surface area contributed by atoms with Crippen molar-refractivity contribution in [3.05, 3.63) is 59.7 Å². The summed E-state index contributed by atoms with van der Waals surface area (Å²) in [6, 6.07) is 16.3. The standard InChI is InChI=1S/C28H32N2O5/c31-26(32)15-17-6-5-11-25(17)30-27(33)18-12-13-19(14-18)29-28(34)35-16-24-22-9-3-1-7-20(22)21-8-2-4-10-23(21)24/h1-4,7-10,17-19,24-25H,5-6,11-16H2,(H,29,34)(H,30,33)(H,31,32)/t17-,18-,19+,25+/m0/s1. The van der Waals surface area contributed by atoms with E-state index in [4.69, 9.17) is 9.84 Å². The maximum Gasteiger partial charge on any atom is 0.407 e. The second kappa shape index (κ2) is 10.1. The largest absolute Gasteiger partial charge is 0.481 e. The van der Waals surface area contributed by atoms with Gasteiger partial charge in [-0.05, 0) is 60.3 Å². The highest BCUT2D eigenvalue weighted by atomic mass is 16.5. The minimum Gasteiger partial charge on any atom is -0.481 e. The first-order valence-corrected chi connectivity index (χ1v) is 12.6. The van der Waals surface area contributed by atoms with Crippen molar-refractivity contribution in [1.29, 1.82) is 0 Å². The molecule has 3 N–H and O–H groups in total. The molecule has 0 spiro atoms. The Morgan fingerprint density at radius 3 is 2.26 bits per heavy atom. The number of aliphatic carboxylic acids is 1. The summed E-state index contributed by atoms with van der Waals surface area (Å²) < 4.78 is 5.65. The molecule has 2 aromatic carbocycles. The van der Waals surface area contributed by atoms with E-state index in [1.807, 2.05) is 24.3 Å². The Labute approximate surface area is 205 Å². The Morgan fingerprint density at radius 2 is 1.57 bits per heavy atom. The van der Waals surface area contributed by atoms with Gasteiger partial charge in [0, 0.05) is 23.9 Å². The highest BCUT2D eigenvalue weighted by Gasteiger charge is 2.36. The second-order valence-electron chi connectivity index (χ2n) is 10.1. The zero-order chi connectivity index (χ0) is 24.4. The van der Waals surface area contributed by atoms with E-state index in [-0.39, 0.29) is 48.8 Å². The van der Waals surface area contributed by atoms with Crippen LogP contribution in [0.2, 0.25) is 0 Å². The Balaban J connectivity index is 1.11. The fourth-order valence-electron chi connectivity index (χ4n) is 6.15. The van der Waals surface area contributed by atoms with Crippen molar-refractivity contribution in [1.82, 2.24) is 10.6 Å². The second-order valence-corrected chi connectivity index (χ2v) is 10.1. The molecular weight excluding hydrogens is 444 g/mol. The average molecular weight is 477 g/mol. The molecule has 4 atom stereocenters. The molecule has 7 heteroatoms. The molecule has 2 fully saturated rings. The predicted molar refractivity (Wildman–Crippen MR) is 131 cm³/mol. The molecule has 3 aliphatic rings. The quantitative estimate of drug-likeness (QED) is 0.548. The first-order valence-electron chi connectivity index (χ1n) is 12.6. The maximum atomic E-state index is 12.8. The number of ether oxygens (including phenoxy) is 1. The smallest absolute Gasteiger partial charge is 0.407 e. The summed E-state index contributed by atoms with van der Waals surface area (Å²) in [4.78, 5) is 36.5. The van der Waals surface area contributed by atoms with Gasteiger partial charge < -0.3 is 20.5 Å². The van der Waals surface area contributed by atoms with E-state index in [0.717, 1.165) is 25.7 Å². The molecule has 184 valence electrons. The summed E-state index contributed by atoms with van der Waals surface area (Å²) in [5.74, 6) is -0.985. The minimum absolute atomic E-state index is 0.00704. The van der Waals surface area contributed by atoms with Crippen LogP contribution in [0.5, 0.6) is 0 Å². The van der Waals surface area contributed by atoms with E-state index < -0.39 is 12.1 Å². The number of benzene rings is 2. The molecule has 5 rings (SSSR count). The van der Waals surface area contributed by atoms with Gasteiger partial charge in [0.1, 0.15) is 6.61 Å². The van der Waals surface area contributed by atoms with E-state index in [1.54, 1.807) is 0 Å². The third kappa shape index (κ3) is 5.04. The lowest BCUT2D eigenvalue weighted by Crippen LogP contribution is -2.41. The highest BCUT2D eigenvalue weighted by molar-refractivity contribution is 5.80. The first-order chi connectivity index (χ1) is 17.0. The molecule has 2 aromatic rings. The molecule has 35 heavy (non-hydrogen) atoms. The lowest BCUT2D eigenvalue weighted by Gasteiger charge is -2.22. The number of fused-ring (bicyclic) bond motifs is 3. The zero-order valence-electron chi connectivity index (χ0n) is 19.7. The van der Waals surface area contributed by atoms with Gasteiger partial charge in [-0.3, -0.25) is 9.59 Å². The van der Waals surface area contributed by atoms with E-state index in [1.165, 1.54) is 22.3 Å². The highest BCUT2D eigenvalue weighted by Crippen LogP contribution is 2.44. The van der Waals surface area contributed by atoms with Crippen LogP contribution in [-0.2, 0) is 14.3 Å². The average Bonchev–Trinajstić information content (AvgIpc) is 3.56. The summed E-state index contributed by atoms with van der Waals surface area (Å²) in [5, 5.41) is 15.1. The molecule has 0 saturated heterocycles. The van der Waals surface area contributed by atoms with Crippen molar-refractivity contribution in [2.75, 3.05) is 6.61 Å². The predicted octanol–water partition coefficient (Wildman–Crippen LogP) is 4.45. The van der Waals surface area contributed by atoms with Crippen LogP contribution < -0.4 is 10.6 Å². The number of alkyl carbamates (subject to hydrolysis) is 1. The molecule has 2 amide bonds. The fraction of sp³-hybridized carbons (Fsp3) is 0.464. The number of carboxylic acid groups (broad SMARTS) is 1. The molecular formula is C28H32N2O5. The summed E-state index contributed by atoms with van der Waals surface area (Å²) in [5.41, 5.74) is 4.73. The van der Waals surface area contributed by atoms with E-state index >= 15 is 0 Å². The summed E-state index contributed by atoms with van der Waals surface area (Å²) in [6.45, 7) is 0.267. The lowest BCUT2D eigenvalue weighted by molar-refractivity contribution is -0.138. The van der Waals surface area contributed by atoms with Crippen LogP contribution in [0.15, 0.2) is 48.5 Å². The lowest BCUT2D eigenvalue weighted by atomic mass is 9.98. The summed E-state index contributed by atoms with van der Waals surface area (Å²) >= 11 is 0. The maximum absolute atomic E-state index is 12.8. The number of hydrogen-bond donors (Lipinski definition) is 3. The Hall–Kier alpha value is -3.35. The van der Waals surface area contributed by atoms with Crippen molar-refractivity contribution in [2.24, 2.45) is 11.8 Å². The van der Waals surface area contributed by atoms with Gasteiger partial charge >= 0.3 is 12.1 Å². The molecule has 3 aliphatic carbocycles. The topological polar surface area (TPSA) is 105 Å².